The van der Waals surface area contributed by atoms with Gasteiger partial charge in [-0.3, -0.25) is 14.5 Å². The largest absolute Gasteiger partial charge is 0.506 e. The zero-order valence-corrected chi connectivity index (χ0v) is 19.9. The minimum atomic E-state index is -0.877. The summed E-state index contributed by atoms with van der Waals surface area (Å²) in [7, 11) is 1.54. The minimum Gasteiger partial charge on any atom is -0.506 e. The van der Waals surface area contributed by atoms with Gasteiger partial charge in [0.2, 0.25) is 0 Å². The molecule has 0 aliphatic carbocycles. The van der Waals surface area contributed by atoms with E-state index in [9.17, 15) is 23.9 Å². The van der Waals surface area contributed by atoms with Crippen LogP contribution in [0.2, 0.25) is 0 Å². The second-order valence-corrected chi connectivity index (χ2v) is 8.24. The molecular weight excluding hydrogens is 471 g/mol. The molecule has 1 fully saturated rings. The standard InChI is InChI=1S/C25H27FN4O6/c1-3-36-25(34)14-4-5-18(15(10-14)13-30-6-8-35-9-7-30)28-23(32)20-22(31)17-11-16(26)12-19(27-2)21(17)29-24(20)33/h4-5,10-12,27H,3,6-9,13H2,1-2H3,(H,28,32)(H2,29,31,33). The van der Waals surface area contributed by atoms with Crippen LogP contribution in [0.5, 0.6) is 5.75 Å². The van der Waals surface area contributed by atoms with Crippen molar-refractivity contribution in [3.63, 3.8) is 0 Å². The van der Waals surface area contributed by atoms with Crippen molar-refractivity contribution >= 4 is 34.2 Å². The van der Waals surface area contributed by atoms with Gasteiger partial charge in [-0.2, -0.15) is 0 Å². The Labute approximate surface area is 206 Å². The first-order valence-corrected chi connectivity index (χ1v) is 11.5. The monoisotopic (exact) mass is 498 g/mol. The number of pyridine rings is 1. The molecule has 3 aromatic rings. The first-order valence-electron chi connectivity index (χ1n) is 11.5. The summed E-state index contributed by atoms with van der Waals surface area (Å²) in [5.74, 6) is -2.66. The number of fused-ring (bicyclic) bond motifs is 1. The number of amides is 1. The van der Waals surface area contributed by atoms with Crippen molar-refractivity contribution in [2.45, 2.75) is 13.5 Å². The smallest absolute Gasteiger partial charge is 0.338 e. The predicted molar refractivity (Wildman–Crippen MR) is 132 cm³/mol. The van der Waals surface area contributed by atoms with Crippen molar-refractivity contribution in [2.75, 3.05) is 50.6 Å². The van der Waals surface area contributed by atoms with Crippen molar-refractivity contribution in [1.82, 2.24) is 9.88 Å². The van der Waals surface area contributed by atoms with Crippen LogP contribution in [0.25, 0.3) is 10.9 Å². The van der Waals surface area contributed by atoms with E-state index in [1.54, 1.807) is 26.1 Å². The van der Waals surface area contributed by atoms with Crippen LogP contribution in [0.15, 0.2) is 35.1 Å². The van der Waals surface area contributed by atoms with Crippen molar-refractivity contribution in [3.05, 3.63) is 63.2 Å². The molecule has 1 amide bonds. The fourth-order valence-corrected chi connectivity index (χ4v) is 4.13. The maximum atomic E-state index is 14.1. The summed E-state index contributed by atoms with van der Waals surface area (Å²) in [6.07, 6.45) is 0. The third kappa shape index (κ3) is 5.16. The average molecular weight is 499 g/mol. The summed E-state index contributed by atoms with van der Waals surface area (Å²) in [5, 5.41) is 16.2. The molecule has 4 rings (SSSR count). The van der Waals surface area contributed by atoms with Gasteiger partial charge in [0.1, 0.15) is 17.1 Å². The Hall–Kier alpha value is -3.96. The molecule has 0 saturated carbocycles. The number of halogens is 1. The van der Waals surface area contributed by atoms with Gasteiger partial charge in [0.25, 0.3) is 11.5 Å². The van der Waals surface area contributed by atoms with Crippen LogP contribution in [0.1, 0.15) is 33.2 Å². The Morgan fingerprint density at radius 3 is 2.64 bits per heavy atom. The van der Waals surface area contributed by atoms with E-state index in [1.807, 2.05) is 0 Å². The van der Waals surface area contributed by atoms with Gasteiger partial charge >= 0.3 is 5.97 Å². The van der Waals surface area contributed by atoms with Crippen LogP contribution < -0.4 is 16.2 Å². The number of carbonyl (C=O) groups excluding carboxylic acids is 2. The molecule has 0 unspecified atom stereocenters. The number of benzene rings is 2. The lowest BCUT2D eigenvalue weighted by molar-refractivity contribution is 0.0342. The van der Waals surface area contributed by atoms with Gasteiger partial charge in [0.15, 0.2) is 0 Å². The SMILES string of the molecule is CCOC(=O)c1ccc(NC(=O)c2c(O)c3cc(F)cc(NC)c3[nH]c2=O)c(CN2CCOCC2)c1. The number of aromatic amines is 1. The predicted octanol–water partition coefficient (Wildman–Crippen LogP) is 2.68. The first-order chi connectivity index (χ1) is 17.3. The Morgan fingerprint density at radius 2 is 1.94 bits per heavy atom. The number of hydrogen-bond acceptors (Lipinski definition) is 8. The molecule has 1 saturated heterocycles. The highest BCUT2D eigenvalue weighted by atomic mass is 19.1. The van der Waals surface area contributed by atoms with E-state index in [4.69, 9.17) is 9.47 Å². The zero-order valence-electron chi connectivity index (χ0n) is 19.9. The van der Waals surface area contributed by atoms with Gasteiger partial charge in [-0.15, -0.1) is 0 Å². The maximum Gasteiger partial charge on any atom is 0.338 e. The van der Waals surface area contributed by atoms with Crippen LogP contribution in [0, 0.1) is 5.82 Å². The lowest BCUT2D eigenvalue weighted by atomic mass is 10.1. The minimum absolute atomic E-state index is 0.0182. The van der Waals surface area contributed by atoms with Crippen molar-refractivity contribution in [2.24, 2.45) is 0 Å². The Balaban J connectivity index is 1.71. The highest BCUT2D eigenvalue weighted by Gasteiger charge is 2.23. The highest BCUT2D eigenvalue weighted by Crippen LogP contribution is 2.31. The number of aromatic nitrogens is 1. The van der Waals surface area contributed by atoms with Crippen LogP contribution in [0.4, 0.5) is 15.8 Å². The summed E-state index contributed by atoms with van der Waals surface area (Å²) in [6, 6.07) is 6.89. The molecule has 0 bridgehead atoms. The number of esters is 1. The van der Waals surface area contributed by atoms with Crippen LogP contribution >= 0.6 is 0 Å². The lowest BCUT2D eigenvalue weighted by Gasteiger charge is -2.27. The van der Waals surface area contributed by atoms with Gasteiger partial charge in [0, 0.05) is 37.8 Å². The topological polar surface area (TPSA) is 133 Å². The number of carbonyl (C=O) groups is 2. The Morgan fingerprint density at radius 1 is 1.19 bits per heavy atom. The van der Waals surface area contributed by atoms with E-state index in [2.05, 4.69) is 20.5 Å². The zero-order chi connectivity index (χ0) is 25.8. The van der Waals surface area contributed by atoms with Crippen LogP contribution in [-0.4, -0.2) is 66.8 Å². The molecule has 0 spiro atoms. The normalized spacial score (nSPS) is 14.0. The molecule has 0 atom stereocenters. The molecule has 1 aromatic heterocycles. The Bertz CT molecular complexity index is 1370. The fourth-order valence-electron chi connectivity index (χ4n) is 4.13. The molecule has 1 aliphatic rings. The van der Waals surface area contributed by atoms with Crippen molar-refractivity contribution in [3.8, 4) is 5.75 Å². The number of hydrogen-bond donors (Lipinski definition) is 4. The quantitative estimate of drug-likeness (QED) is 0.366. The van der Waals surface area contributed by atoms with Crippen LogP contribution in [0.3, 0.4) is 0 Å². The summed E-state index contributed by atoms with van der Waals surface area (Å²) in [5.41, 5.74) is 0.334. The van der Waals surface area contributed by atoms with E-state index in [0.717, 1.165) is 6.07 Å². The third-order valence-corrected chi connectivity index (χ3v) is 5.92. The lowest BCUT2D eigenvalue weighted by Crippen LogP contribution is -2.36. The summed E-state index contributed by atoms with van der Waals surface area (Å²) in [4.78, 5) is 42.9. The van der Waals surface area contributed by atoms with Crippen molar-refractivity contribution in [1.29, 1.82) is 0 Å². The number of aromatic hydroxyl groups is 1. The van der Waals surface area contributed by atoms with E-state index in [-0.39, 0.29) is 23.2 Å². The summed E-state index contributed by atoms with van der Waals surface area (Å²) in [6.45, 7) is 4.79. The number of nitrogens with zero attached hydrogens (tertiary/aromatic N) is 1. The summed E-state index contributed by atoms with van der Waals surface area (Å²) >= 11 is 0. The first kappa shape index (κ1) is 25.1. The van der Waals surface area contributed by atoms with Gasteiger partial charge in [-0.05, 0) is 42.8 Å². The van der Waals surface area contributed by atoms with Gasteiger partial charge in [-0.25, -0.2) is 9.18 Å². The number of H-pyrrole nitrogens is 1. The van der Waals surface area contributed by atoms with Crippen molar-refractivity contribution < 1.29 is 28.6 Å². The van der Waals surface area contributed by atoms with E-state index in [1.165, 1.54) is 12.1 Å². The molecular formula is C25H27FN4O6. The maximum absolute atomic E-state index is 14.1. The molecule has 2 heterocycles. The third-order valence-electron chi connectivity index (χ3n) is 5.92. The molecule has 36 heavy (non-hydrogen) atoms. The number of rotatable bonds is 7. The summed E-state index contributed by atoms with van der Waals surface area (Å²) < 4.78 is 24.6. The van der Waals surface area contributed by atoms with Crippen LogP contribution in [-0.2, 0) is 16.0 Å². The molecule has 2 aromatic carbocycles. The number of nitrogens with one attached hydrogen (secondary N) is 3. The average Bonchev–Trinajstić information content (AvgIpc) is 2.86. The number of morpholine rings is 1. The fraction of sp³-hybridized carbons (Fsp3) is 0.320. The van der Waals surface area contributed by atoms with Gasteiger partial charge < -0.3 is 30.2 Å². The molecule has 0 radical (unpaired) electrons. The molecule has 1 aliphatic heterocycles. The molecule has 190 valence electrons. The second-order valence-electron chi connectivity index (χ2n) is 8.24. The van der Waals surface area contributed by atoms with E-state index >= 15 is 0 Å². The van der Waals surface area contributed by atoms with E-state index < -0.39 is 34.6 Å². The van der Waals surface area contributed by atoms with Gasteiger partial charge in [0.05, 0.1) is 36.6 Å². The highest BCUT2D eigenvalue weighted by molar-refractivity contribution is 6.10. The molecule has 4 N–H and O–H groups in total. The van der Waals surface area contributed by atoms with Gasteiger partial charge in [-0.1, -0.05) is 0 Å². The Kier molecular flexibility index (Phi) is 7.51. The number of ether oxygens (including phenoxy) is 2. The van der Waals surface area contributed by atoms with E-state index in [0.29, 0.717) is 49.7 Å². The molecule has 10 nitrogen and oxygen atoms in total. The second kappa shape index (κ2) is 10.8. The number of anilines is 2. The molecule has 11 heteroatoms.